The summed E-state index contributed by atoms with van der Waals surface area (Å²) in [5.41, 5.74) is 2.53. The number of amides is 1. The number of sulfone groups is 1. The van der Waals surface area contributed by atoms with E-state index in [2.05, 4.69) is 0 Å². The van der Waals surface area contributed by atoms with Crippen LogP contribution in [0.1, 0.15) is 11.1 Å². The van der Waals surface area contributed by atoms with Crippen LogP contribution in [-0.4, -0.2) is 26.6 Å². The van der Waals surface area contributed by atoms with E-state index in [4.69, 9.17) is 11.6 Å². The minimum atomic E-state index is -3.52. The quantitative estimate of drug-likeness (QED) is 0.852. The molecule has 1 amide bonds. The number of fused-ring (bicyclic) bond motifs is 1. The number of hydrogen-bond donors (Lipinski definition) is 0. The number of hydrogen-bond acceptors (Lipinski definition) is 3. The van der Waals surface area contributed by atoms with E-state index in [9.17, 15) is 13.2 Å². The van der Waals surface area contributed by atoms with Crippen LogP contribution in [0.3, 0.4) is 0 Å². The minimum Gasteiger partial charge on any atom is -0.311 e. The Labute approximate surface area is 140 Å². The molecule has 23 heavy (non-hydrogen) atoms. The first kappa shape index (κ1) is 16.0. The van der Waals surface area contributed by atoms with E-state index in [1.54, 1.807) is 29.2 Å². The van der Waals surface area contributed by atoms with Crippen molar-refractivity contribution >= 4 is 33.0 Å². The molecule has 3 rings (SSSR count). The van der Waals surface area contributed by atoms with Crippen LogP contribution < -0.4 is 4.90 Å². The topological polar surface area (TPSA) is 54.5 Å². The van der Waals surface area contributed by atoms with Crippen LogP contribution in [0.15, 0.2) is 48.5 Å². The Morgan fingerprint density at radius 1 is 1.09 bits per heavy atom. The van der Waals surface area contributed by atoms with E-state index < -0.39 is 15.6 Å². The summed E-state index contributed by atoms with van der Waals surface area (Å²) >= 11 is 5.79. The lowest BCUT2D eigenvalue weighted by molar-refractivity contribution is -0.116. The largest absolute Gasteiger partial charge is 0.311 e. The van der Waals surface area contributed by atoms with Gasteiger partial charge in [0.05, 0.1) is 5.75 Å². The fraction of sp³-hybridized carbons (Fsp3) is 0.235. The molecule has 1 aliphatic heterocycles. The molecule has 0 N–H and O–H groups in total. The molecule has 1 aliphatic rings. The zero-order valence-electron chi connectivity index (χ0n) is 12.4. The lowest BCUT2D eigenvalue weighted by atomic mass is 10.2. The monoisotopic (exact) mass is 349 g/mol. The van der Waals surface area contributed by atoms with Crippen LogP contribution in [-0.2, 0) is 26.8 Å². The highest BCUT2D eigenvalue weighted by atomic mass is 35.5. The lowest BCUT2D eigenvalue weighted by Crippen LogP contribution is -2.34. The zero-order chi connectivity index (χ0) is 16.4. The summed E-state index contributed by atoms with van der Waals surface area (Å²) in [7, 11) is -3.52. The van der Waals surface area contributed by atoms with Crippen LogP contribution in [0.2, 0.25) is 5.02 Å². The van der Waals surface area contributed by atoms with Crippen molar-refractivity contribution in [2.24, 2.45) is 0 Å². The highest BCUT2D eigenvalue weighted by molar-refractivity contribution is 7.91. The number of carbonyl (C=O) groups is 1. The first-order chi connectivity index (χ1) is 10.9. The summed E-state index contributed by atoms with van der Waals surface area (Å²) in [6.07, 6.45) is 0.763. The summed E-state index contributed by atoms with van der Waals surface area (Å²) in [5.74, 6) is -1.01. The fourth-order valence-corrected chi connectivity index (χ4v) is 4.21. The Bertz CT molecular complexity index is 831. The van der Waals surface area contributed by atoms with Crippen molar-refractivity contribution in [3.63, 3.8) is 0 Å². The molecular weight excluding hydrogens is 334 g/mol. The molecule has 0 spiro atoms. The summed E-state index contributed by atoms with van der Waals surface area (Å²) in [4.78, 5) is 14.0. The molecule has 0 aromatic heterocycles. The second kappa shape index (κ2) is 6.34. The average molecular weight is 350 g/mol. The van der Waals surface area contributed by atoms with Crippen molar-refractivity contribution in [2.75, 3.05) is 17.2 Å². The molecule has 0 saturated carbocycles. The predicted molar refractivity (Wildman–Crippen MR) is 91.4 cm³/mol. The van der Waals surface area contributed by atoms with E-state index >= 15 is 0 Å². The Hall–Kier alpha value is -1.85. The second-order valence-electron chi connectivity index (χ2n) is 5.58. The van der Waals surface area contributed by atoms with Gasteiger partial charge in [-0.2, -0.15) is 0 Å². The summed E-state index contributed by atoms with van der Waals surface area (Å²) in [6.45, 7) is 0.536. The van der Waals surface area contributed by atoms with Gasteiger partial charge in [-0.3, -0.25) is 4.79 Å². The van der Waals surface area contributed by atoms with Crippen molar-refractivity contribution in [2.45, 2.75) is 12.2 Å². The standard InChI is InChI=1S/C17H16ClNO3S/c18-15-7-5-13(6-8-15)11-23(21,22)12-17(20)19-10-9-14-3-1-2-4-16(14)19/h1-8H,9-12H2. The maximum atomic E-state index is 12.4. The number of carbonyl (C=O) groups excluding carboxylic acids is 1. The van der Waals surface area contributed by atoms with Crippen molar-refractivity contribution in [1.82, 2.24) is 0 Å². The van der Waals surface area contributed by atoms with E-state index in [1.165, 1.54) is 0 Å². The van der Waals surface area contributed by atoms with Crippen molar-refractivity contribution < 1.29 is 13.2 Å². The van der Waals surface area contributed by atoms with E-state index in [-0.39, 0.29) is 11.7 Å². The molecule has 6 heteroatoms. The van der Waals surface area contributed by atoms with Gasteiger partial charge in [-0.05, 0) is 35.7 Å². The summed E-state index contributed by atoms with van der Waals surface area (Å²) in [5, 5.41) is 0.552. The van der Waals surface area contributed by atoms with Crippen molar-refractivity contribution in [3.05, 3.63) is 64.7 Å². The maximum absolute atomic E-state index is 12.4. The van der Waals surface area contributed by atoms with Gasteiger partial charge in [-0.1, -0.05) is 41.9 Å². The average Bonchev–Trinajstić information content (AvgIpc) is 2.93. The first-order valence-corrected chi connectivity index (χ1v) is 9.48. The Kier molecular flexibility index (Phi) is 4.41. The Morgan fingerprint density at radius 2 is 1.78 bits per heavy atom. The molecule has 2 aromatic carbocycles. The third-order valence-corrected chi connectivity index (χ3v) is 5.54. The molecule has 0 atom stereocenters. The molecule has 4 nitrogen and oxygen atoms in total. The highest BCUT2D eigenvalue weighted by Gasteiger charge is 2.27. The molecule has 0 fully saturated rings. The molecule has 2 aromatic rings. The zero-order valence-corrected chi connectivity index (χ0v) is 14.0. The number of rotatable bonds is 4. The third-order valence-electron chi connectivity index (χ3n) is 3.83. The SMILES string of the molecule is O=C(CS(=O)(=O)Cc1ccc(Cl)cc1)N1CCc2ccccc21. The van der Waals surface area contributed by atoms with Gasteiger partial charge in [0.2, 0.25) is 5.91 Å². The lowest BCUT2D eigenvalue weighted by Gasteiger charge is -2.17. The van der Waals surface area contributed by atoms with Gasteiger partial charge < -0.3 is 4.90 Å². The van der Waals surface area contributed by atoms with Crippen LogP contribution in [0.5, 0.6) is 0 Å². The Balaban J connectivity index is 1.71. The fourth-order valence-electron chi connectivity index (χ4n) is 2.75. The number of anilines is 1. The summed E-state index contributed by atoms with van der Waals surface area (Å²) in [6, 6.07) is 14.2. The number of halogens is 1. The molecule has 0 unspecified atom stereocenters. The Morgan fingerprint density at radius 3 is 2.52 bits per heavy atom. The highest BCUT2D eigenvalue weighted by Crippen LogP contribution is 2.27. The molecule has 0 saturated heterocycles. The molecule has 1 heterocycles. The van der Waals surface area contributed by atoms with Gasteiger partial charge in [0.1, 0.15) is 5.75 Å². The van der Waals surface area contributed by atoms with Gasteiger partial charge in [-0.25, -0.2) is 8.42 Å². The number of benzene rings is 2. The van der Waals surface area contributed by atoms with Gasteiger partial charge in [-0.15, -0.1) is 0 Å². The maximum Gasteiger partial charge on any atom is 0.242 e. The van der Waals surface area contributed by atoms with Gasteiger partial charge in [0.15, 0.2) is 9.84 Å². The van der Waals surface area contributed by atoms with E-state index in [0.717, 1.165) is 17.7 Å². The molecular formula is C17H16ClNO3S. The molecule has 0 radical (unpaired) electrons. The molecule has 0 bridgehead atoms. The van der Waals surface area contributed by atoms with Gasteiger partial charge in [0, 0.05) is 17.3 Å². The first-order valence-electron chi connectivity index (χ1n) is 7.28. The predicted octanol–water partition coefficient (Wildman–Crippen LogP) is 2.84. The van der Waals surface area contributed by atoms with Crippen LogP contribution in [0.25, 0.3) is 0 Å². The normalized spacial score (nSPS) is 13.9. The number of para-hydroxylation sites is 1. The third kappa shape index (κ3) is 3.74. The van der Waals surface area contributed by atoms with Crippen LogP contribution >= 0.6 is 11.6 Å². The van der Waals surface area contributed by atoms with E-state index in [0.29, 0.717) is 17.1 Å². The van der Waals surface area contributed by atoms with Gasteiger partial charge in [0.25, 0.3) is 0 Å². The van der Waals surface area contributed by atoms with Gasteiger partial charge >= 0.3 is 0 Å². The van der Waals surface area contributed by atoms with Crippen LogP contribution in [0.4, 0.5) is 5.69 Å². The number of nitrogens with zero attached hydrogens (tertiary/aromatic N) is 1. The van der Waals surface area contributed by atoms with E-state index in [1.807, 2.05) is 24.3 Å². The van der Waals surface area contributed by atoms with Crippen molar-refractivity contribution in [1.29, 1.82) is 0 Å². The molecule has 120 valence electrons. The van der Waals surface area contributed by atoms with Crippen LogP contribution in [0, 0.1) is 0 Å². The molecule has 0 aliphatic carbocycles. The minimum absolute atomic E-state index is 0.161. The van der Waals surface area contributed by atoms with Crippen molar-refractivity contribution in [3.8, 4) is 0 Å². The summed E-state index contributed by atoms with van der Waals surface area (Å²) < 4.78 is 24.6. The smallest absolute Gasteiger partial charge is 0.242 e. The second-order valence-corrected chi connectivity index (χ2v) is 8.08.